The summed E-state index contributed by atoms with van der Waals surface area (Å²) in [6.07, 6.45) is 9.06. The zero-order valence-corrected chi connectivity index (χ0v) is 17.5. The Balaban J connectivity index is 4.95. The molecule has 5 heteroatoms. The second-order valence-electron chi connectivity index (χ2n) is 6.54. The molecule has 0 heterocycles. The van der Waals surface area contributed by atoms with Crippen LogP contribution in [-0.2, 0) is 4.79 Å². The third-order valence-electron chi connectivity index (χ3n) is 4.57. The van der Waals surface area contributed by atoms with Crippen molar-refractivity contribution in [1.29, 1.82) is 0 Å². The van der Waals surface area contributed by atoms with Crippen LogP contribution in [0.1, 0.15) is 79.1 Å². The second kappa shape index (κ2) is 12.7. The van der Waals surface area contributed by atoms with E-state index in [9.17, 15) is 4.79 Å². The maximum absolute atomic E-state index is 12.5. The topological polar surface area (TPSA) is 20.3 Å². The van der Waals surface area contributed by atoms with Crippen LogP contribution in [-0.4, -0.2) is 27.7 Å². The molecule has 0 radical (unpaired) electrons. The van der Waals surface area contributed by atoms with Crippen LogP contribution in [0.2, 0.25) is 0 Å². The zero-order chi connectivity index (χ0) is 17.9. The summed E-state index contributed by atoms with van der Waals surface area (Å²) in [6, 6.07) is 0. The zero-order valence-electron chi connectivity index (χ0n) is 15.2. The fourth-order valence-electron chi connectivity index (χ4n) is 2.88. The normalized spacial score (nSPS) is 14.6. The molecule has 0 aromatic rings. The van der Waals surface area contributed by atoms with Crippen LogP contribution in [0.4, 0.5) is 0 Å². The van der Waals surface area contributed by atoms with Crippen molar-refractivity contribution in [3.05, 3.63) is 0 Å². The van der Waals surface area contributed by atoms with Crippen molar-refractivity contribution in [2.45, 2.75) is 82.9 Å². The van der Waals surface area contributed by atoms with Gasteiger partial charge in [-0.3, -0.25) is 4.79 Å². The molecule has 0 saturated carbocycles. The van der Waals surface area contributed by atoms with Gasteiger partial charge in [-0.15, -0.1) is 0 Å². The fourth-order valence-corrected chi connectivity index (χ4v) is 3.24. The highest BCUT2D eigenvalue weighted by Gasteiger charge is 2.36. The first-order valence-corrected chi connectivity index (χ1v) is 10.3. The van der Waals surface area contributed by atoms with Gasteiger partial charge in [-0.05, 0) is 24.7 Å². The highest BCUT2D eigenvalue weighted by molar-refractivity contribution is 6.76. The summed E-state index contributed by atoms with van der Waals surface area (Å²) in [4.78, 5) is 14.4. The molecule has 0 aromatic heterocycles. The molecule has 2 atom stereocenters. The van der Waals surface area contributed by atoms with E-state index < -0.39 is 3.79 Å². The average Bonchev–Trinajstić information content (AvgIpc) is 2.51. The van der Waals surface area contributed by atoms with Crippen molar-refractivity contribution >= 4 is 40.7 Å². The summed E-state index contributed by atoms with van der Waals surface area (Å²) in [7, 11) is 0. The molecule has 0 aliphatic heterocycles. The molecular weight excluding hydrogens is 353 g/mol. The molecule has 2 unspecified atom stereocenters. The van der Waals surface area contributed by atoms with Crippen molar-refractivity contribution < 1.29 is 4.79 Å². The molecule has 0 aromatic carbocycles. The van der Waals surface area contributed by atoms with Crippen molar-refractivity contribution in [3.63, 3.8) is 0 Å². The Labute approximate surface area is 158 Å². The number of nitrogens with zero attached hydrogens (tertiary/aromatic N) is 1. The van der Waals surface area contributed by atoms with Crippen LogP contribution in [0.3, 0.4) is 0 Å². The minimum Gasteiger partial charge on any atom is -0.338 e. The van der Waals surface area contributed by atoms with E-state index in [1.54, 1.807) is 4.90 Å². The number of unbranched alkanes of at least 4 members (excludes halogenated alkanes) is 2. The molecule has 0 aliphatic rings. The van der Waals surface area contributed by atoms with Gasteiger partial charge in [-0.1, -0.05) is 101 Å². The minimum atomic E-state index is -1.86. The van der Waals surface area contributed by atoms with E-state index in [1.165, 1.54) is 25.7 Å². The first-order valence-electron chi connectivity index (χ1n) is 9.16. The lowest BCUT2D eigenvalue weighted by Gasteiger charge is -2.32. The molecule has 1 amide bonds. The maximum Gasteiger partial charge on any atom is 0.274 e. The number of halogens is 3. The molecule has 0 spiro atoms. The van der Waals surface area contributed by atoms with Crippen molar-refractivity contribution in [1.82, 2.24) is 4.90 Å². The molecular formula is C18H34Cl3NO. The highest BCUT2D eigenvalue weighted by atomic mass is 35.6. The Hall–Kier alpha value is 0.340. The van der Waals surface area contributed by atoms with Gasteiger partial charge in [0, 0.05) is 13.1 Å². The van der Waals surface area contributed by atoms with Gasteiger partial charge in [0.05, 0.1) is 0 Å². The number of hydrogen-bond donors (Lipinski definition) is 0. The van der Waals surface area contributed by atoms with Gasteiger partial charge in [0.1, 0.15) is 0 Å². The summed E-state index contributed by atoms with van der Waals surface area (Å²) < 4.78 is -1.86. The maximum atomic E-state index is 12.5. The number of rotatable bonds is 12. The minimum absolute atomic E-state index is 0.368. The fraction of sp³-hybridized carbons (Fsp3) is 0.944. The molecule has 138 valence electrons. The van der Waals surface area contributed by atoms with Gasteiger partial charge >= 0.3 is 0 Å². The van der Waals surface area contributed by atoms with Crippen LogP contribution in [0.15, 0.2) is 0 Å². The summed E-state index contributed by atoms with van der Waals surface area (Å²) in [5.74, 6) is 0.595. The number of carbonyl (C=O) groups is 1. The number of alkyl halides is 3. The van der Waals surface area contributed by atoms with E-state index in [2.05, 4.69) is 27.7 Å². The third-order valence-corrected chi connectivity index (χ3v) is 5.06. The number of carbonyl (C=O) groups excluding carboxylic acids is 1. The molecule has 0 fully saturated rings. The molecule has 0 saturated heterocycles. The quantitative estimate of drug-likeness (QED) is 0.345. The predicted octanol–water partition coefficient (Wildman–Crippen LogP) is 6.62. The summed E-state index contributed by atoms with van der Waals surface area (Å²) in [5, 5.41) is 0. The molecule has 0 rings (SSSR count). The SMILES string of the molecule is CCCCC(CC)CN(CC(CC)CCCC)C(=O)C(Cl)(Cl)Cl. The van der Waals surface area contributed by atoms with Crippen molar-refractivity contribution in [2.75, 3.05) is 13.1 Å². The van der Waals surface area contributed by atoms with Crippen LogP contribution in [0.5, 0.6) is 0 Å². The predicted molar refractivity (Wildman–Crippen MR) is 103 cm³/mol. The lowest BCUT2D eigenvalue weighted by molar-refractivity contribution is -0.131. The van der Waals surface area contributed by atoms with Crippen molar-refractivity contribution in [2.24, 2.45) is 11.8 Å². The van der Waals surface area contributed by atoms with Crippen LogP contribution in [0, 0.1) is 11.8 Å². The first kappa shape index (κ1) is 23.3. The van der Waals surface area contributed by atoms with E-state index in [-0.39, 0.29) is 5.91 Å². The summed E-state index contributed by atoms with van der Waals surface area (Å²) in [5.41, 5.74) is 0. The molecule has 2 nitrogen and oxygen atoms in total. The first-order chi connectivity index (χ1) is 10.8. The Kier molecular flexibility index (Phi) is 12.9. The molecule has 23 heavy (non-hydrogen) atoms. The van der Waals surface area contributed by atoms with Gasteiger partial charge in [0.25, 0.3) is 9.70 Å². The van der Waals surface area contributed by atoms with E-state index >= 15 is 0 Å². The Morgan fingerprint density at radius 3 is 1.52 bits per heavy atom. The van der Waals surface area contributed by atoms with Gasteiger partial charge in [-0.25, -0.2) is 0 Å². The van der Waals surface area contributed by atoms with Gasteiger partial charge in [0.15, 0.2) is 0 Å². The van der Waals surface area contributed by atoms with Crippen LogP contribution in [0.25, 0.3) is 0 Å². The Morgan fingerprint density at radius 1 is 0.870 bits per heavy atom. The third kappa shape index (κ3) is 10.0. The van der Waals surface area contributed by atoms with Gasteiger partial charge in [-0.2, -0.15) is 0 Å². The van der Waals surface area contributed by atoms with Crippen LogP contribution < -0.4 is 0 Å². The standard InChI is InChI=1S/C18H34Cl3NO/c1-5-9-11-15(7-3)13-22(17(23)18(19,20)21)14-16(8-4)12-10-6-2/h15-16H,5-14H2,1-4H3. The Morgan fingerprint density at radius 2 is 1.26 bits per heavy atom. The van der Waals surface area contributed by atoms with Gasteiger partial charge < -0.3 is 4.90 Å². The van der Waals surface area contributed by atoms with Gasteiger partial charge in [0.2, 0.25) is 0 Å². The largest absolute Gasteiger partial charge is 0.338 e. The molecule has 0 aliphatic carbocycles. The lowest BCUT2D eigenvalue weighted by atomic mass is 9.95. The Bertz CT molecular complexity index is 300. The summed E-state index contributed by atoms with van der Waals surface area (Å²) >= 11 is 17.6. The summed E-state index contributed by atoms with van der Waals surface area (Å²) in [6.45, 7) is 10.1. The average molecular weight is 387 g/mol. The lowest BCUT2D eigenvalue weighted by Crippen LogP contribution is -2.44. The highest BCUT2D eigenvalue weighted by Crippen LogP contribution is 2.30. The smallest absolute Gasteiger partial charge is 0.274 e. The number of amides is 1. The van der Waals surface area contributed by atoms with E-state index in [4.69, 9.17) is 34.8 Å². The van der Waals surface area contributed by atoms with Crippen molar-refractivity contribution in [3.8, 4) is 0 Å². The monoisotopic (exact) mass is 385 g/mol. The van der Waals surface area contributed by atoms with E-state index in [1.807, 2.05) is 0 Å². The second-order valence-corrected chi connectivity index (χ2v) is 8.82. The molecule has 0 N–H and O–H groups in total. The van der Waals surface area contributed by atoms with Crippen LogP contribution >= 0.6 is 34.8 Å². The molecule has 0 bridgehead atoms. The van der Waals surface area contributed by atoms with E-state index in [0.717, 1.165) is 25.7 Å². The van der Waals surface area contributed by atoms with E-state index in [0.29, 0.717) is 24.9 Å². The number of hydrogen-bond acceptors (Lipinski definition) is 1.